The van der Waals surface area contributed by atoms with Gasteiger partial charge in [0.15, 0.2) is 5.69 Å². The van der Waals surface area contributed by atoms with Gasteiger partial charge in [-0.25, -0.2) is 14.8 Å². The van der Waals surface area contributed by atoms with Gasteiger partial charge in [-0.05, 0) is 0 Å². The lowest BCUT2D eigenvalue weighted by atomic mass is 10.4. The summed E-state index contributed by atoms with van der Waals surface area (Å²) in [5.74, 6) is 2.64. The number of thioether (sulfide) groups is 1. The first kappa shape index (κ1) is 14.1. The highest BCUT2D eigenvalue weighted by Gasteiger charge is 2.10. The van der Waals surface area contributed by atoms with Crippen molar-refractivity contribution in [3.05, 3.63) is 18.1 Å². The molecule has 1 saturated heterocycles. The molecule has 104 valence electrons. The smallest absolute Gasteiger partial charge is 0.358 e. The maximum atomic E-state index is 11.2. The van der Waals surface area contributed by atoms with Crippen molar-refractivity contribution in [2.24, 2.45) is 0 Å². The summed E-state index contributed by atoms with van der Waals surface area (Å²) >= 11 is 2.01. The largest absolute Gasteiger partial charge is 0.464 e. The van der Waals surface area contributed by atoms with Gasteiger partial charge in [-0.3, -0.25) is 4.90 Å². The second-order valence-corrected chi connectivity index (χ2v) is 5.38. The highest BCUT2D eigenvalue weighted by Crippen LogP contribution is 2.08. The van der Waals surface area contributed by atoms with Crippen LogP contribution in [-0.2, 0) is 4.74 Å². The standard InChI is InChI=1S/C12H18N4O2S/c1-18-12(17)10-8-15-11(9-14-10)13-2-3-16-4-6-19-7-5-16/h8-9H,2-7H2,1H3,(H,13,15). The Bertz CT molecular complexity index is 407. The van der Waals surface area contributed by atoms with Gasteiger partial charge in [0.05, 0.1) is 19.5 Å². The van der Waals surface area contributed by atoms with E-state index in [1.54, 1.807) is 6.20 Å². The molecular formula is C12H18N4O2S. The fourth-order valence-electron chi connectivity index (χ4n) is 1.80. The topological polar surface area (TPSA) is 67.3 Å². The Kier molecular flexibility index (Phi) is 5.41. The first-order chi connectivity index (χ1) is 9.29. The average Bonchev–Trinajstić information content (AvgIpc) is 2.48. The maximum Gasteiger partial charge on any atom is 0.358 e. The number of nitrogens with one attached hydrogen (secondary N) is 1. The molecule has 1 aromatic rings. The van der Waals surface area contributed by atoms with Crippen LogP contribution in [0.3, 0.4) is 0 Å². The molecular weight excluding hydrogens is 264 g/mol. The zero-order valence-corrected chi connectivity index (χ0v) is 11.8. The molecule has 0 bridgehead atoms. The first-order valence-corrected chi connectivity index (χ1v) is 7.39. The Balaban J connectivity index is 1.75. The normalized spacial score (nSPS) is 16.1. The Morgan fingerprint density at radius 2 is 2.21 bits per heavy atom. The molecule has 1 aromatic heterocycles. The molecule has 0 unspecified atom stereocenters. The van der Waals surface area contributed by atoms with E-state index in [1.165, 1.54) is 24.8 Å². The van der Waals surface area contributed by atoms with E-state index in [0.29, 0.717) is 5.82 Å². The zero-order chi connectivity index (χ0) is 13.5. The van der Waals surface area contributed by atoms with Crippen LogP contribution >= 0.6 is 11.8 Å². The quantitative estimate of drug-likeness (QED) is 0.798. The third kappa shape index (κ3) is 4.36. The summed E-state index contributed by atoms with van der Waals surface area (Å²) in [4.78, 5) is 21.8. The molecule has 0 atom stereocenters. The number of hydrogen-bond acceptors (Lipinski definition) is 7. The van der Waals surface area contributed by atoms with Gasteiger partial charge >= 0.3 is 5.97 Å². The second-order valence-electron chi connectivity index (χ2n) is 4.16. The van der Waals surface area contributed by atoms with E-state index in [1.807, 2.05) is 11.8 Å². The lowest BCUT2D eigenvalue weighted by Crippen LogP contribution is -2.36. The molecule has 0 saturated carbocycles. The summed E-state index contributed by atoms with van der Waals surface area (Å²) in [6.45, 7) is 4.14. The third-order valence-electron chi connectivity index (χ3n) is 2.88. The SMILES string of the molecule is COC(=O)c1cnc(NCCN2CCSCC2)cn1. The average molecular weight is 282 g/mol. The van der Waals surface area contributed by atoms with E-state index < -0.39 is 5.97 Å². The number of nitrogens with zero attached hydrogens (tertiary/aromatic N) is 3. The number of rotatable bonds is 5. The maximum absolute atomic E-state index is 11.2. The number of ether oxygens (including phenoxy) is 1. The number of aromatic nitrogens is 2. The summed E-state index contributed by atoms with van der Waals surface area (Å²) in [6.07, 6.45) is 2.98. The molecule has 1 aliphatic rings. The van der Waals surface area contributed by atoms with Crippen molar-refractivity contribution in [1.29, 1.82) is 0 Å². The molecule has 0 spiro atoms. The Morgan fingerprint density at radius 1 is 1.42 bits per heavy atom. The van der Waals surface area contributed by atoms with Gasteiger partial charge in [-0.15, -0.1) is 0 Å². The lowest BCUT2D eigenvalue weighted by Gasteiger charge is -2.26. The first-order valence-electron chi connectivity index (χ1n) is 6.24. The zero-order valence-electron chi connectivity index (χ0n) is 11.0. The minimum absolute atomic E-state index is 0.223. The van der Waals surface area contributed by atoms with Crippen LogP contribution in [0, 0.1) is 0 Å². The van der Waals surface area contributed by atoms with E-state index >= 15 is 0 Å². The van der Waals surface area contributed by atoms with Gasteiger partial charge in [0.2, 0.25) is 0 Å². The Labute approximate surface area is 116 Å². The predicted molar refractivity (Wildman–Crippen MR) is 75.6 cm³/mol. The number of anilines is 1. The third-order valence-corrected chi connectivity index (χ3v) is 3.83. The van der Waals surface area contributed by atoms with Crippen LogP contribution in [0.4, 0.5) is 5.82 Å². The number of methoxy groups -OCH3 is 1. The molecule has 6 nitrogen and oxygen atoms in total. The van der Waals surface area contributed by atoms with Crippen LogP contribution in [0.5, 0.6) is 0 Å². The van der Waals surface area contributed by atoms with Crippen molar-refractivity contribution in [1.82, 2.24) is 14.9 Å². The molecule has 0 radical (unpaired) electrons. The summed E-state index contributed by atoms with van der Waals surface area (Å²) < 4.78 is 4.57. The van der Waals surface area contributed by atoms with Crippen LogP contribution in [0.2, 0.25) is 0 Å². The van der Waals surface area contributed by atoms with E-state index in [9.17, 15) is 4.79 Å². The second kappa shape index (κ2) is 7.30. The molecule has 0 aliphatic carbocycles. The van der Waals surface area contributed by atoms with Crippen molar-refractivity contribution in [3.63, 3.8) is 0 Å². The molecule has 1 aliphatic heterocycles. The van der Waals surface area contributed by atoms with Crippen molar-refractivity contribution in [2.75, 3.05) is 50.1 Å². The van der Waals surface area contributed by atoms with Gasteiger partial charge in [0.1, 0.15) is 5.82 Å². The van der Waals surface area contributed by atoms with E-state index in [4.69, 9.17) is 0 Å². The predicted octanol–water partition coefficient (Wildman–Crippen LogP) is 0.724. The highest BCUT2D eigenvalue weighted by molar-refractivity contribution is 7.99. The van der Waals surface area contributed by atoms with E-state index in [0.717, 1.165) is 26.2 Å². The molecule has 2 rings (SSSR count). The van der Waals surface area contributed by atoms with Gasteiger partial charge < -0.3 is 10.1 Å². The number of carbonyl (C=O) groups excluding carboxylic acids is 1. The Hall–Kier alpha value is -1.34. The van der Waals surface area contributed by atoms with Crippen molar-refractivity contribution >= 4 is 23.5 Å². The Morgan fingerprint density at radius 3 is 2.84 bits per heavy atom. The fourth-order valence-corrected chi connectivity index (χ4v) is 2.77. The summed E-state index contributed by atoms with van der Waals surface area (Å²) in [5.41, 5.74) is 0.223. The van der Waals surface area contributed by atoms with Crippen LogP contribution in [0.25, 0.3) is 0 Å². The molecule has 0 amide bonds. The van der Waals surface area contributed by atoms with Gasteiger partial charge in [-0.2, -0.15) is 11.8 Å². The monoisotopic (exact) mass is 282 g/mol. The molecule has 1 N–H and O–H groups in total. The van der Waals surface area contributed by atoms with E-state index in [-0.39, 0.29) is 5.69 Å². The molecule has 0 aromatic carbocycles. The summed E-state index contributed by atoms with van der Waals surface area (Å²) in [6, 6.07) is 0. The summed E-state index contributed by atoms with van der Waals surface area (Å²) in [7, 11) is 1.33. The van der Waals surface area contributed by atoms with Gasteiger partial charge in [-0.1, -0.05) is 0 Å². The van der Waals surface area contributed by atoms with Crippen molar-refractivity contribution in [2.45, 2.75) is 0 Å². The van der Waals surface area contributed by atoms with Crippen LogP contribution < -0.4 is 5.32 Å². The van der Waals surface area contributed by atoms with Crippen LogP contribution in [0.15, 0.2) is 12.4 Å². The lowest BCUT2D eigenvalue weighted by molar-refractivity contribution is 0.0593. The fraction of sp³-hybridized carbons (Fsp3) is 0.583. The molecule has 2 heterocycles. The molecule has 19 heavy (non-hydrogen) atoms. The minimum atomic E-state index is -0.468. The van der Waals surface area contributed by atoms with Crippen LogP contribution in [-0.4, -0.2) is 65.6 Å². The summed E-state index contributed by atoms with van der Waals surface area (Å²) in [5, 5.41) is 3.20. The number of hydrogen-bond donors (Lipinski definition) is 1. The molecule has 1 fully saturated rings. The van der Waals surface area contributed by atoms with E-state index in [2.05, 4.69) is 24.9 Å². The van der Waals surface area contributed by atoms with Crippen molar-refractivity contribution in [3.8, 4) is 0 Å². The van der Waals surface area contributed by atoms with Gasteiger partial charge in [0, 0.05) is 37.7 Å². The highest BCUT2D eigenvalue weighted by atomic mass is 32.2. The minimum Gasteiger partial charge on any atom is -0.464 e. The van der Waals surface area contributed by atoms with Crippen LogP contribution in [0.1, 0.15) is 10.5 Å². The van der Waals surface area contributed by atoms with Gasteiger partial charge in [0.25, 0.3) is 0 Å². The number of carbonyl (C=O) groups is 1. The molecule has 7 heteroatoms. The number of esters is 1. The van der Waals surface area contributed by atoms with Crippen molar-refractivity contribution < 1.29 is 9.53 Å².